The summed E-state index contributed by atoms with van der Waals surface area (Å²) < 4.78 is 51.4. The number of benzene rings is 1. The molecule has 2 rings (SSSR count). The van der Waals surface area contributed by atoms with Gasteiger partial charge in [-0.25, -0.2) is 4.39 Å². The number of halogens is 2. The summed E-state index contributed by atoms with van der Waals surface area (Å²) in [5.41, 5.74) is 0.456. The minimum Gasteiger partial charge on any atom is -0.489 e. The van der Waals surface area contributed by atoms with Crippen molar-refractivity contribution in [3.8, 4) is 5.75 Å². The number of rotatable bonds is 3. The Morgan fingerprint density at radius 1 is 1.47 bits per heavy atom. The third kappa shape index (κ3) is 3.29. The number of hydrogen-bond acceptors (Lipinski definition) is 4. The summed E-state index contributed by atoms with van der Waals surface area (Å²) in [6, 6.07) is 3.67. The van der Waals surface area contributed by atoms with Gasteiger partial charge >= 0.3 is 10.2 Å². The fourth-order valence-electron chi connectivity index (χ4n) is 1.63. The van der Waals surface area contributed by atoms with Gasteiger partial charge in [0.25, 0.3) is 0 Å². The van der Waals surface area contributed by atoms with E-state index < -0.39 is 21.8 Å². The Bertz CT molecular complexity index is 518. The van der Waals surface area contributed by atoms with Crippen LogP contribution in [0.2, 0.25) is 0 Å². The molecule has 0 saturated heterocycles. The van der Waals surface area contributed by atoms with Gasteiger partial charge in [0.1, 0.15) is 18.2 Å². The van der Waals surface area contributed by atoms with E-state index in [1.807, 2.05) is 0 Å². The first-order chi connectivity index (χ1) is 7.94. The maximum atomic E-state index is 12.9. The summed E-state index contributed by atoms with van der Waals surface area (Å²) in [6.45, 7) is 0.230. The van der Waals surface area contributed by atoms with Crippen molar-refractivity contribution in [3.05, 3.63) is 24.0 Å². The van der Waals surface area contributed by atoms with Gasteiger partial charge in [0.2, 0.25) is 0 Å². The van der Waals surface area contributed by atoms with Gasteiger partial charge in [-0.2, -0.15) is 8.42 Å². The van der Waals surface area contributed by atoms with Gasteiger partial charge in [-0.05, 0) is 18.6 Å². The van der Waals surface area contributed by atoms with Crippen molar-refractivity contribution in [1.29, 1.82) is 0 Å². The van der Waals surface area contributed by atoms with E-state index in [-0.39, 0.29) is 19.1 Å². The van der Waals surface area contributed by atoms with Crippen LogP contribution in [-0.2, 0) is 10.2 Å². The van der Waals surface area contributed by atoms with Gasteiger partial charge in [0, 0.05) is 6.07 Å². The van der Waals surface area contributed by atoms with Crippen molar-refractivity contribution in [2.45, 2.75) is 12.5 Å². The SMILES string of the molecule is O=S(=O)(F)CCC1COc2ccc(F)cc2N1. The number of anilines is 1. The minimum absolute atomic E-state index is 0.0782. The maximum absolute atomic E-state index is 12.9. The quantitative estimate of drug-likeness (QED) is 0.843. The lowest BCUT2D eigenvalue weighted by molar-refractivity contribution is 0.281. The molecule has 0 saturated carbocycles. The summed E-state index contributed by atoms with van der Waals surface area (Å²) in [4.78, 5) is 0. The highest BCUT2D eigenvalue weighted by atomic mass is 32.3. The van der Waals surface area contributed by atoms with Crippen molar-refractivity contribution < 1.29 is 21.4 Å². The minimum atomic E-state index is -4.48. The zero-order valence-corrected chi connectivity index (χ0v) is 9.64. The molecule has 1 aromatic carbocycles. The van der Waals surface area contributed by atoms with E-state index in [9.17, 15) is 16.7 Å². The highest BCUT2D eigenvalue weighted by Gasteiger charge is 2.21. The molecule has 0 fully saturated rings. The summed E-state index contributed by atoms with van der Waals surface area (Å²) in [6.07, 6.45) is 0.0782. The second-order valence-electron chi connectivity index (χ2n) is 3.82. The Morgan fingerprint density at radius 3 is 2.94 bits per heavy atom. The lowest BCUT2D eigenvalue weighted by atomic mass is 10.1. The molecule has 0 aliphatic carbocycles. The summed E-state index contributed by atoms with van der Waals surface area (Å²) in [5, 5.41) is 2.91. The van der Waals surface area contributed by atoms with Crippen LogP contribution in [0.5, 0.6) is 5.75 Å². The molecule has 4 nitrogen and oxygen atoms in total. The van der Waals surface area contributed by atoms with Crippen molar-refractivity contribution in [1.82, 2.24) is 0 Å². The highest BCUT2D eigenvalue weighted by Crippen LogP contribution is 2.30. The van der Waals surface area contributed by atoms with Crippen LogP contribution in [-0.4, -0.2) is 26.8 Å². The number of hydrogen-bond donors (Lipinski definition) is 1. The van der Waals surface area contributed by atoms with E-state index in [1.165, 1.54) is 18.2 Å². The third-order valence-corrected chi connectivity index (χ3v) is 3.17. The highest BCUT2D eigenvalue weighted by molar-refractivity contribution is 7.86. The van der Waals surface area contributed by atoms with Crippen LogP contribution in [0.15, 0.2) is 18.2 Å². The predicted octanol–water partition coefficient (Wildman–Crippen LogP) is 1.69. The van der Waals surface area contributed by atoms with Crippen LogP contribution >= 0.6 is 0 Å². The van der Waals surface area contributed by atoms with Gasteiger partial charge in [-0.1, -0.05) is 0 Å². The van der Waals surface area contributed by atoms with E-state index in [2.05, 4.69) is 5.32 Å². The van der Waals surface area contributed by atoms with Crippen LogP contribution in [0.4, 0.5) is 14.0 Å². The van der Waals surface area contributed by atoms with Crippen molar-refractivity contribution in [3.63, 3.8) is 0 Å². The monoisotopic (exact) mass is 263 g/mol. The average Bonchev–Trinajstić information content (AvgIpc) is 2.24. The smallest absolute Gasteiger partial charge is 0.302 e. The Kier molecular flexibility index (Phi) is 3.19. The van der Waals surface area contributed by atoms with Gasteiger partial charge < -0.3 is 10.1 Å². The summed E-state index contributed by atoms with van der Waals surface area (Å²) >= 11 is 0. The van der Waals surface area contributed by atoms with Crippen LogP contribution < -0.4 is 10.1 Å². The molecule has 1 aliphatic rings. The maximum Gasteiger partial charge on any atom is 0.302 e. The first-order valence-corrected chi connectivity index (χ1v) is 6.60. The fraction of sp³-hybridized carbons (Fsp3) is 0.400. The van der Waals surface area contributed by atoms with Gasteiger partial charge in [0.15, 0.2) is 0 Å². The Labute approximate surface area is 97.8 Å². The van der Waals surface area contributed by atoms with Crippen LogP contribution in [0.3, 0.4) is 0 Å². The van der Waals surface area contributed by atoms with Crippen LogP contribution in [0.25, 0.3) is 0 Å². The van der Waals surface area contributed by atoms with E-state index in [0.29, 0.717) is 11.4 Å². The molecule has 1 aromatic rings. The molecule has 0 aromatic heterocycles. The first kappa shape index (κ1) is 12.1. The van der Waals surface area contributed by atoms with E-state index >= 15 is 0 Å². The number of nitrogens with one attached hydrogen (secondary N) is 1. The van der Waals surface area contributed by atoms with E-state index in [4.69, 9.17) is 4.74 Å². The molecule has 1 heterocycles. The molecular formula is C10H11F2NO3S. The zero-order valence-electron chi connectivity index (χ0n) is 8.82. The normalized spacial score (nSPS) is 19.1. The molecule has 1 N–H and O–H groups in total. The molecule has 1 aliphatic heterocycles. The summed E-state index contributed by atoms with van der Waals surface area (Å²) in [7, 11) is -4.48. The molecule has 7 heteroatoms. The van der Waals surface area contributed by atoms with Crippen molar-refractivity contribution in [2.24, 2.45) is 0 Å². The van der Waals surface area contributed by atoms with E-state index in [1.54, 1.807) is 0 Å². The summed E-state index contributed by atoms with van der Waals surface area (Å²) in [5.74, 6) is -0.483. The fourth-order valence-corrected chi connectivity index (χ4v) is 2.20. The lowest BCUT2D eigenvalue weighted by Crippen LogP contribution is -2.32. The van der Waals surface area contributed by atoms with Gasteiger partial charge in [-0.3, -0.25) is 0 Å². The molecule has 17 heavy (non-hydrogen) atoms. The predicted molar refractivity (Wildman–Crippen MR) is 58.8 cm³/mol. The van der Waals surface area contributed by atoms with Gasteiger partial charge in [-0.15, -0.1) is 3.89 Å². The Hall–Kier alpha value is -1.37. The first-order valence-electron chi connectivity index (χ1n) is 5.05. The van der Waals surface area contributed by atoms with E-state index in [0.717, 1.165) is 0 Å². The standard InChI is InChI=1S/C10H11F2NO3S/c11-7-1-2-10-9(5-7)13-8(6-16-10)3-4-17(12,14)15/h1-2,5,8,13H,3-4,6H2. The van der Waals surface area contributed by atoms with Crippen molar-refractivity contribution in [2.75, 3.05) is 17.7 Å². The Morgan fingerprint density at radius 2 is 2.24 bits per heavy atom. The van der Waals surface area contributed by atoms with Crippen LogP contribution in [0.1, 0.15) is 6.42 Å². The molecule has 94 valence electrons. The molecule has 0 bridgehead atoms. The zero-order chi connectivity index (χ0) is 12.5. The van der Waals surface area contributed by atoms with Crippen molar-refractivity contribution >= 4 is 15.9 Å². The molecule has 1 unspecified atom stereocenters. The van der Waals surface area contributed by atoms with Crippen LogP contribution in [0, 0.1) is 5.82 Å². The Balaban J connectivity index is 2.03. The van der Waals surface area contributed by atoms with Gasteiger partial charge in [0.05, 0.1) is 17.5 Å². The molecule has 0 radical (unpaired) electrons. The lowest BCUT2D eigenvalue weighted by Gasteiger charge is -2.27. The molecule has 0 amide bonds. The molecule has 1 atom stereocenters. The molecular weight excluding hydrogens is 252 g/mol. The number of fused-ring (bicyclic) bond motifs is 1. The topological polar surface area (TPSA) is 55.4 Å². The second-order valence-corrected chi connectivity index (χ2v) is 5.31. The number of ether oxygens (including phenoxy) is 1. The largest absolute Gasteiger partial charge is 0.489 e. The second kappa shape index (κ2) is 4.48. The third-order valence-electron chi connectivity index (χ3n) is 2.45. The molecule has 0 spiro atoms. The average molecular weight is 263 g/mol.